The van der Waals surface area contributed by atoms with Gasteiger partial charge in [0.1, 0.15) is 5.75 Å². The third-order valence-electron chi connectivity index (χ3n) is 5.10. The van der Waals surface area contributed by atoms with E-state index < -0.39 is 0 Å². The fourth-order valence-electron chi connectivity index (χ4n) is 4.03. The van der Waals surface area contributed by atoms with Gasteiger partial charge in [0.25, 0.3) is 0 Å². The lowest BCUT2D eigenvalue weighted by molar-refractivity contribution is 0.158. The quantitative estimate of drug-likeness (QED) is 0.602. The van der Waals surface area contributed by atoms with E-state index >= 15 is 0 Å². The Morgan fingerprint density at radius 2 is 1.77 bits per heavy atom. The zero-order valence-corrected chi connectivity index (χ0v) is 12.5. The maximum absolute atomic E-state index is 6.31. The number of fused-ring (bicyclic) bond motifs is 8. The van der Waals surface area contributed by atoms with Crippen molar-refractivity contribution in [3.8, 4) is 5.75 Å². The van der Waals surface area contributed by atoms with Crippen molar-refractivity contribution in [2.45, 2.75) is 18.6 Å². The van der Waals surface area contributed by atoms with Crippen molar-refractivity contribution in [1.82, 2.24) is 0 Å². The molecule has 2 heterocycles. The average Bonchev–Trinajstić information content (AvgIpc) is 2.59. The lowest BCUT2D eigenvalue weighted by atomic mass is 9.79. The van der Waals surface area contributed by atoms with E-state index in [1.165, 1.54) is 27.6 Å². The monoisotopic (exact) mass is 287 g/mol. The number of hydrogen-bond acceptors (Lipinski definition) is 2. The summed E-state index contributed by atoms with van der Waals surface area (Å²) in [7, 11) is 2.13. The molecule has 2 unspecified atom stereocenters. The first-order valence-corrected chi connectivity index (χ1v) is 7.83. The SMILES string of the molecule is CN1c2ccccc2C2CC1Oc1ccc3ccccc3c12. The van der Waals surface area contributed by atoms with Crippen molar-refractivity contribution < 1.29 is 4.74 Å². The second-order valence-corrected chi connectivity index (χ2v) is 6.23. The second-order valence-electron chi connectivity index (χ2n) is 6.23. The van der Waals surface area contributed by atoms with Crippen molar-refractivity contribution in [2.24, 2.45) is 0 Å². The molecule has 0 fully saturated rings. The summed E-state index contributed by atoms with van der Waals surface area (Å²) in [6, 6.07) is 21.7. The molecule has 2 atom stereocenters. The van der Waals surface area contributed by atoms with Crippen LogP contribution in [0.3, 0.4) is 0 Å². The number of para-hydroxylation sites is 1. The van der Waals surface area contributed by atoms with Crippen LogP contribution in [0, 0.1) is 0 Å². The van der Waals surface area contributed by atoms with Crippen LogP contribution < -0.4 is 9.64 Å². The van der Waals surface area contributed by atoms with Gasteiger partial charge in [-0.25, -0.2) is 0 Å². The predicted octanol–water partition coefficient (Wildman–Crippen LogP) is 4.53. The van der Waals surface area contributed by atoms with Gasteiger partial charge in [-0.3, -0.25) is 0 Å². The van der Waals surface area contributed by atoms with Gasteiger partial charge < -0.3 is 9.64 Å². The van der Waals surface area contributed by atoms with Gasteiger partial charge in [-0.15, -0.1) is 0 Å². The Morgan fingerprint density at radius 3 is 2.73 bits per heavy atom. The molecule has 2 aliphatic heterocycles. The summed E-state index contributed by atoms with van der Waals surface area (Å²) < 4.78 is 6.31. The molecular weight excluding hydrogens is 270 g/mol. The van der Waals surface area contributed by atoms with Crippen LogP contribution in [0.4, 0.5) is 5.69 Å². The minimum atomic E-state index is 0.133. The lowest BCUT2D eigenvalue weighted by Crippen LogP contribution is -2.44. The van der Waals surface area contributed by atoms with Crippen molar-refractivity contribution in [1.29, 1.82) is 0 Å². The highest BCUT2D eigenvalue weighted by Crippen LogP contribution is 2.50. The van der Waals surface area contributed by atoms with Crippen LogP contribution in [0.25, 0.3) is 10.8 Å². The van der Waals surface area contributed by atoms with E-state index in [1.807, 2.05) is 0 Å². The number of hydrogen-bond donors (Lipinski definition) is 0. The van der Waals surface area contributed by atoms with Gasteiger partial charge in [-0.05, 0) is 28.5 Å². The second kappa shape index (κ2) is 4.26. The Balaban J connectivity index is 1.84. The molecular formula is C20H17NO. The van der Waals surface area contributed by atoms with Gasteiger partial charge in [0.05, 0.1) is 0 Å². The highest BCUT2D eigenvalue weighted by atomic mass is 16.5. The molecule has 22 heavy (non-hydrogen) atoms. The highest BCUT2D eigenvalue weighted by molar-refractivity contribution is 5.89. The molecule has 3 aromatic rings. The zero-order valence-electron chi connectivity index (χ0n) is 12.5. The fraction of sp³-hybridized carbons (Fsp3) is 0.200. The first-order valence-electron chi connectivity index (χ1n) is 7.83. The van der Waals surface area contributed by atoms with Gasteiger partial charge in [0, 0.05) is 30.6 Å². The third-order valence-corrected chi connectivity index (χ3v) is 5.10. The summed E-state index contributed by atoms with van der Waals surface area (Å²) in [5, 5.41) is 2.61. The van der Waals surface area contributed by atoms with Gasteiger partial charge in [-0.1, -0.05) is 48.5 Å². The molecule has 108 valence electrons. The van der Waals surface area contributed by atoms with Crippen LogP contribution in [0.1, 0.15) is 23.5 Å². The molecule has 0 spiro atoms. The topological polar surface area (TPSA) is 12.5 Å². The van der Waals surface area contributed by atoms with Crippen LogP contribution in [0.15, 0.2) is 60.7 Å². The average molecular weight is 287 g/mol. The van der Waals surface area contributed by atoms with Gasteiger partial charge in [0.2, 0.25) is 0 Å². The lowest BCUT2D eigenvalue weighted by Gasteiger charge is -2.44. The summed E-state index contributed by atoms with van der Waals surface area (Å²) in [4.78, 5) is 2.27. The molecule has 0 N–H and O–H groups in total. The van der Waals surface area contributed by atoms with Crippen LogP contribution in [-0.4, -0.2) is 13.3 Å². The molecule has 0 aliphatic carbocycles. The Bertz CT molecular complexity index is 886. The Hall–Kier alpha value is -2.48. The van der Waals surface area contributed by atoms with Crippen molar-refractivity contribution in [2.75, 3.05) is 11.9 Å². The van der Waals surface area contributed by atoms with Crippen LogP contribution in [0.2, 0.25) is 0 Å². The van der Waals surface area contributed by atoms with E-state index in [0.717, 1.165) is 12.2 Å². The Labute approximate surface area is 129 Å². The molecule has 0 radical (unpaired) electrons. The van der Waals surface area contributed by atoms with Crippen LogP contribution >= 0.6 is 0 Å². The molecule has 0 saturated heterocycles. The van der Waals surface area contributed by atoms with Gasteiger partial charge in [-0.2, -0.15) is 0 Å². The summed E-state index contributed by atoms with van der Waals surface area (Å²) in [6.07, 6.45) is 1.16. The van der Waals surface area contributed by atoms with E-state index in [1.54, 1.807) is 0 Å². The van der Waals surface area contributed by atoms with Crippen molar-refractivity contribution >= 4 is 16.5 Å². The molecule has 2 heteroatoms. The molecule has 5 rings (SSSR count). The maximum atomic E-state index is 6.31. The van der Waals surface area contributed by atoms with E-state index in [0.29, 0.717) is 5.92 Å². The Kier molecular flexibility index (Phi) is 2.34. The first kappa shape index (κ1) is 12.1. The minimum Gasteiger partial charge on any atom is -0.470 e. The van der Waals surface area contributed by atoms with E-state index in [9.17, 15) is 0 Å². The standard InChI is InChI=1S/C20H17NO/c1-21-17-9-5-4-8-15(17)16-12-19(21)22-18-11-10-13-6-2-3-7-14(13)20(16)18/h2-11,16,19H,12H2,1H3. The molecule has 2 aliphatic rings. The molecule has 0 amide bonds. The highest BCUT2D eigenvalue weighted by Gasteiger charge is 2.38. The van der Waals surface area contributed by atoms with Crippen molar-refractivity contribution in [3.05, 3.63) is 71.8 Å². The molecule has 2 bridgehead atoms. The molecule has 2 nitrogen and oxygen atoms in total. The van der Waals surface area contributed by atoms with Crippen LogP contribution in [0.5, 0.6) is 5.75 Å². The van der Waals surface area contributed by atoms with Crippen LogP contribution in [-0.2, 0) is 0 Å². The summed E-state index contributed by atoms with van der Waals surface area (Å²) in [6.45, 7) is 0. The summed E-state index contributed by atoms with van der Waals surface area (Å²) >= 11 is 0. The normalized spacial score (nSPS) is 22.0. The largest absolute Gasteiger partial charge is 0.470 e. The van der Waals surface area contributed by atoms with Gasteiger partial charge >= 0.3 is 0 Å². The number of nitrogens with zero attached hydrogens (tertiary/aromatic N) is 1. The molecule has 3 aromatic carbocycles. The maximum Gasteiger partial charge on any atom is 0.173 e. The minimum absolute atomic E-state index is 0.133. The Morgan fingerprint density at radius 1 is 0.955 bits per heavy atom. The third kappa shape index (κ3) is 1.50. The number of benzene rings is 3. The fourth-order valence-corrected chi connectivity index (χ4v) is 4.03. The summed E-state index contributed by atoms with van der Waals surface area (Å²) in [5.41, 5.74) is 4.07. The predicted molar refractivity (Wildman–Crippen MR) is 89.7 cm³/mol. The first-order chi connectivity index (χ1) is 10.8. The van der Waals surface area contributed by atoms with E-state index in [-0.39, 0.29) is 6.23 Å². The zero-order chi connectivity index (χ0) is 14.7. The number of anilines is 1. The smallest absolute Gasteiger partial charge is 0.173 e. The number of rotatable bonds is 0. The molecule has 0 aromatic heterocycles. The summed E-state index contributed by atoms with van der Waals surface area (Å²) in [5.74, 6) is 1.47. The number of ether oxygens (including phenoxy) is 1. The van der Waals surface area contributed by atoms with Gasteiger partial charge in [0.15, 0.2) is 6.23 Å². The van der Waals surface area contributed by atoms with E-state index in [4.69, 9.17) is 4.74 Å². The van der Waals surface area contributed by atoms with E-state index in [2.05, 4.69) is 72.6 Å². The molecule has 0 saturated carbocycles. The van der Waals surface area contributed by atoms with Crippen molar-refractivity contribution in [3.63, 3.8) is 0 Å².